The maximum atomic E-state index is 12.9. The summed E-state index contributed by atoms with van der Waals surface area (Å²) in [6.45, 7) is 6.58. The van der Waals surface area contributed by atoms with E-state index in [1.54, 1.807) is 10.9 Å². The number of hydrogen-bond acceptors (Lipinski definition) is 5. The Balaban J connectivity index is 1.40. The predicted octanol–water partition coefficient (Wildman–Crippen LogP) is 4.05. The number of nitrogens with zero attached hydrogens (tertiary/aromatic N) is 6. The third-order valence-electron chi connectivity index (χ3n) is 5.74. The SMILES string of the molecule is Cc1ccc(C(=O)N2CCN(c3nc(C)nc4c3cnn4-c3cccc(Cl)c3)CC2)cc1. The minimum Gasteiger partial charge on any atom is -0.352 e. The molecule has 0 radical (unpaired) electrons. The Morgan fingerprint density at radius 3 is 2.44 bits per heavy atom. The zero-order valence-electron chi connectivity index (χ0n) is 18.0. The standard InChI is InChI=1S/C24H23ClN6O/c1-16-6-8-18(9-7-16)24(32)30-12-10-29(11-13-30)22-21-15-26-31(23(21)28-17(2)27-22)20-5-3-4-19(25)14-20/h3-9,14-15H,10-13H2,1-2H3. The fraction of sp³-hybridized carbons (Fsp3) is 0.250. The highest BCUT2D eigenvalue weighted by Crippen LogP contribution is 2.27. The normalized spacial score (nSPS) is 14.2. The van der Waals surface area contributed by atoms with Gasteiger partial charge in [-0.1, -0.05) is 35.4 Å². The van der Waals surface area contributed by atoms with Gasteiger partial charge in [0.1, 0.15) is 11.6 Å². The minimum absolute atomic E-state index is 0.0717. The molecule has 162 valence electrons. The average Bonchev–Trinajstić information content (AvgIpc) is 3.22. The van der Waals surface area contributed by atoms with Gasteiger partial charge in [-0.2, -0.15) is 5.10 Å². The fourth-order valence-corrected chi connectivity index (χ4v) is 4.22. The predicted molar refractivity (Wildman–Crippen MR) is 126 cm³/mol. The van der Waals surface area contributed by atoms with Gasteiger partial charge in [0.2, 0.25) is 0 Å². The van der Waals surface area contributed by atoms with Gasteiger partial charge < -0.3 is 9.80 Å². The molecule has 3 heterocycles. The van der Waals surface area contributed by atoms with Crippen molar-refractivity contribution in [3.05, 3.63) is 76.7 Å². The second-order valence-corrected chi connectivity index (χ2v) is 8.45. The number of piperazine rings is 1. The first-order valence-corrected chi connectivity index (χ1v) is 11.0. The molecule has 1 aliphatic heterocycles. The van der Waals surface area contributed by atoms with Crippen molar-refractivity contribution in [1.82, 2.24) is 24.6 Å². The van der Waals surface area contributed by atoms with E-state index in [1.807, 2.05) is 67.3 Å². The van der Waals surface area contributed by atoms with E-state index in [-0.39, 0.29) is 5.91 Å². The Morgan fingerprint density at radius 1 is 0.969 bits per heavy atom. The van der Waals surface area contributed by atoms with Crippen molar-refractivity contribution in [3.8, 4) is 5.69 Å². The van der Waals surface area contributed by atoms with Crippen molar-refractivity contribution < 1.29 is 4.79 Å². The van der Waals surface area contributed by atoms with Crippen molar-refractivity contribution in [2.45, 2.75) is 13.8 Å². The third-order valence-corrected chi connectivity index (χ3v) is 5.97. The summed E-state index contributed by atoms with van der Waals surface area (Å²) in [6, 6.07) is 15.3. The maximum absolute atomic E-state index is 12.9. The molecule has 32 heavy (non-hydrogen) atoms. The van der Waals surface area contributed by atoms with Gasteiger partial charge in [0.15, 0.2) is 5.65 Å². The molecule has 0 bridgehead atoms. The van der Waals surface area contributed by atoms with Crippen LogP contribution in [0, 0.1) is 13.8 Å². The first kappa shape index (κ1) is 20.5. The van der Waals surface area contributed by atoms with Gasteiger partial charge in [-0.15, -0.1) is 0 Å². The lowest BCUT2D eigenvalue weighted by molar-refractivity contribution is 0.0746. The number of benzene rings is 2. The monoisotopic (exact) mass is 446 g/mol. The quantitative estimate of drug-likeness (QED) is 0.475. The highest BCUT2D eigenvalue weighted by molar-refractivity contribution is 6.30. The molecule has 0 spiro atoms. The van der Waals surface area contributed by atoms with E-state index < -0.39 is 0 Å². The van der Waals surface area contributed by atoms with Crippen molar-refractivity contribution in [2.24, 2.45) is 0 Å². The van der Waals surface area contributed by atoms with Crippen LogP contribution in [0.25, 0.3) is 16.7 Å². The van der Waals surface area contributed by atoms with Gasteiger partial charge in [0.25, 0.3) is 5.91 Å². The number of halogens is 1. The summed E-state index contributed by atoms with van der Waals surface area (Å²) < 4.78 is 1.79. The first-order valence-electron chi connectivity index (χ1n) is 10.6. The molecule has 1 fully saturated rings. The van der Waals surface area contributed by atoms with Crippen LogP contribution < -0.4 is 4.90 Å². The Hall–Kier alpha value is -3.45. The molecule has 0 atom stereocenters. The van der Waals surface area contributed by atoms with Gasteiger partial charge in [0, 0.05) is 36.8 Å². The summed E-state index contributed by atoms with van der Waals surface area (Å²) in [5.41, 5.74) is 3.47. The molecule has 2 aromatic carbocycles. The summed E-state index contributed by atoms with van der Waals surface area (Å²) in [6.07, 6.45) is 1.80. The Labute approximate surface area is 191 Å². The smallest absolute Gasteiger partial charge is 0.253 e. The summed E-state index contributed by atoms with van der Waals surface area (Å²) in [5, 5.41) is 6.09. The van der Waals surface area contributed by atoms with Crippen LogP contribution in [0.2, 0.25) is 5.02 Å². The summed E-state index contributed by atoms with van der Waals surface area (Å²) >= 11 is 6.17. The lowest BCUT2D eigenvalue weighted by atomic mass is 10.1. The molecule has 8 heteroatoms. The second kappa shape index (κ2) is 8.24. The molecule has 0 saturated carbocycles. The molecule has 5 rings (SSSR count). The molecule has 1 aliphatic rings. The van der Waals surface area contributed by atoms with E-state index in [0.717, 1.165) is 33.7 Å². The van der Waals surface area contributed by atoms with Crippen molar-refractivity contribution >= 4 is 34.4 Å². The largest absolute Gasteiger partial charge is 0.352 e. The molecule has 1 saturated heterocycles. The van der Waals surface area contributed by atoms with E-state index in [2.05, 4.69) is 15.0 Å². The maximum Gasteiger partial charge on any atom is 0.253 e. The highest BCUT2D eigenvalue weighted by atomic mass is 35.5. The summed E-state index contributed by atoms with van der Waals surface area (Å²) in [4.78, 5) is 26.3. The molecule has 0 unspecified atom stereocenters. The highest BCUT2D eigenvalue weighted by Gasteiger charge is 2.25. The van der Waals surface area contributed by atoms with Crippen LogP contribution in [0.1, 0.15) is 21.7 Å². The van der Waals surface area contributed by atoms with Crippen LogP contribution >= 0.6 is 11.6 Å². The van der Waals surface area contributed by atoms with Gasteiger partial charge in [-0.3, -0.25) is 4.79 Å². The molecule has 7 nitrogen and oxygen atoms in total. The number of anilines is 1. The molecule has 0 aliphatic carbocycles. The van der Waals surface area contributed by atoms with Crippen LogP contribution in [-0.2, 0) is 0 Å². The van der Waals surface area contributed by atoms with E-state index in [9.17, 15) is 4.79 Å². The van der Waals surface area contributed by atoms with Gasteiger partial charge in [-0.25, -0.2) is 14.6 Å². The van der Waals surface area contributed by atoms with E-state index in [4.69, 9.17) is 16.6 Å². The van der Waals surface area contributed by atoms with Crippen LogP contribution in [0.4, 0.5) is 5.82 Å². The van der Waals surface area contributed by atoms with Gasteiger partial charge in [-0.05, 0) is 44.2 Å². The number of aromatic nitrogens is 4. The number of carbonyl (C=O) groups excluding carboxylic acids is 1. The van der Waals surface area contributed by atoms with E-state index in [0.29, 0.717) is 37.0 Å². The summed E-state index contributed by atoms with van der Waals surface area (Å²) in [5.74, 6) is 1.60. The van der Waals surface area contributed by atoms with Crippen LogP contribution in [0.15, 0.2) is 54.7 Å². The molecular weight excluding hydrogens is 424 g/mol. The zero-order valence-corrected chi connectivity index (χ0v) is 18.8. The number of rotatable bonds is 3. The Bertz CT molecular complexity index is 1290. The Kier molecular flexibility index (Phi) is 5.27. The van der Waals surface area contributed by atoms with Gasteiger partial charge >= 0.3 is 0 Å². The lowest BCUT2D eigenvalue weighted by Gasteiger charge is -2.35. The minimum atomic E-state index is 0.0717. The van der Waals surface area contributed by atoms with Crippen LogP contribution in [0.5, 0.6) is 0 Å². The van der Waals surface area contributed by atoms with Crippen molar-refractivity contribution in [1.29, 1.82) is 0 Å². The second-order valence-electron chi connectivity index (χ2n) is 8.01. The van der Waals surface area contributed by atoms with Crippen molar-refractivity contribution in [3.63, 3.8) is 0 Å². The number of fused-ring (bicyclic) bond motifs is 1. The van der Waals surface area contributed by atoms with Gasteiger partial charge in [0.05, 0.1) is 17.3 Å². The number of hydrogen-bond donors (Lipinski definition) is 0. The third kappa shape index (κ3) is 3.80. The van der Waals surface area contributed by atoms with Crippen molar-refractivity contribution in [2.75, 3.05) is 31.1 Å². The van der Waals surface area contributed by atoms with Crippen LogP contribution in [-0.4, -0.2) is 56.7 Å². The van der Waals surface area contributed by atoms with E-state index >= 15 is 0 Å². The topological polar surface area (TPSA) is 67.2 Å². The van der Waals surface area contributed by atoms with E-state index in [1.165, 1.54) is 0 Å². The Morgan fingerprint density at radius 2 is 1.72 bits per heavy atom. The van der Waals surface area contributed by atoms with Crippen LogP contribution in [0.3, 0.4) is 0 Å². The average molecular weight is 447 g/mol. The number of carbonyl (C=O) groups is 1. The molecule has 0 N–H and O–H groups in total. The molecular formula is C24H23ClN6O. The molecule has 4 aromatic rings. The first-order chi connectivity index (χ1) is 15.5. The lowest BCUT2D eigenvalue weighted by Crippen LogP contribution is -2.49. The number of aryl methyl sites for hydroxylation is 2. The zero-order chi connectivity index (χ0) is 22.2. The number of amides is 1. The summed E-state index contributed by atoms with van der Waals surface area (Å²) in [7, 11) is 0. The fourth-order valence-electron chi connectivity index (χ4n) is 4.04. The molecule has 1 amide bonds. The molecule has 2 aromatic heterocycles.